The van der Waals surface area contributed by atoms with Crippen molar-refractivity contribution < 1.29 is 18.7 Å². The normalized spacial score (nSPS) is 8.94. The fourth-order valence-corrected chi connectivity index (χ4v) is 1.09. The van der Waals surface area contributed by atoms with Crippen molar-refractivity contribution >= 4 is 11.8 Å². The number of benzene rings is 1. The van der Waals surface area contributed by atoms with E-state index in [1.54, 1.807) is 0 Å². The standard InChI is InChI=1S/C12H9FO3/c1-8(14)11-7-10(13)5-3-9(11)4-6-12(15)16-2/h3,5,7H,1-2H3. The molecule has 1 aromatic rings. The van der Waals surface area contributed by atoms with Crippen LogP contribution < -0.4 is 0 Å². The lowest BCUT2D eigenvalue weighted by Gasteiger charge is -1.99. The van der Waals surface area contributed by atoms with Gasteiger partial charge in [0.05, 0.1) is 7.11 Å². The van der Waals surface area contributed by atoms with Crippen molar-refractivity contribution in [2.75, 3.05) is 7.11 Å². The number of ether oxygens (including phenoxy) is 1. The van der Waals surface area contributed by atoms with Crippen molar-refractivity contribution in [1.82, 2.24) is 0 Å². The lowest BCUT2D eigenvalue weighted by Crippen LogP contribution is -1.99. The molecular weight excluding hydrogens is 211 g/mol. The first kappa shape index (κ1) is 11.9. The van der Waals surface area contributed by atoms with Crippen molar-refractivity contribution in [3.05, 3.63) is 35.1 Å². The second-order valence-electron chi connectivity index (χ2n) is 2.99. The highest BCUT2D eigenvalue weighted by Crippen LogP contribution is 2.10. The number of rotatable bonds is 1. The monoisotopic (exact) mass is 220 g/mol. The molecule has 0 radical (unpaired) electrons. The third-order valence-corrected chi connectivity index (χ3v) is 1.85. The largest absolute Gasteiger partial charge is 0.459 e. The first-order chi connectivity index (χ1) is 7.54. The SMILES string of the molecule is COC(=O)C#Cc1ccc(F)cc1C(C)=O. The van der Waals surface area contributed by atoms with Gasteiger partial charge in [-0.15, -0.1) is 0 Å². The Morgan fingerprint density at radius 3 is 2.62 bits per heavy atom. The van der Waals surface area contributed by atoms with Gasteiger partial charge in [-0.25, -0.2) is 9.18 Å². The molecule has 3 nitrogen and oxygen atoms in total. The Morgan fingerprint density at radius 1 is 1.38 bits per heavy atom. The number of esters is 1. The second kappa shape index (κ2) is 5.08. The lowest BCUT2D eigenvalue weighted by atomic mass is 10.0. The topological polar surface area (TPSA) is 43.4 Å². The van der Waals surface area contributed by atoms with E-state index in [4.69, 9.17) is 0 Å². The van der Waals surface area contributed by atoms with Crippen LogP contribution in [0.4, 0.5) is 4.39 Å². The Bertz CT molecular complexity index is 495. The van der Waals surface area contributed by atoms with E-state index in [9.17, 15) is 14.0 Å². The number of Topliss-reactive ketones (excluding diaryl/α,β-unsaturated/α-hetero) is 1. The zero-order valence-electron chi connectivity index (χ0n) is 8.83. The number of methoxy groups -OCH3 is 1. The van der Waals surface area contributed by atoms with Gasteiger partial charge in [-0.2, -0.15) is 0 Å². The first-order valence-corrected chi connectivity index (χ1v) is 4.45. The summed E-state index contributed by atoms with van der Waals surface area (Å²) >= 11 is 0. The van der Waals surface area contributed by atoms with Gasteiger partial charge in [-0.05, 0) is 25.1 Å². The van der Waals surface area contributed by atoms with Crippen molar-refractivity contribution in [1.29, 1.82) is 0 Å². The highest BCUT2D eigenvalue weighted by atomic mass is 19.1. The van der Waals surface area contributed by atoms with Gasteiger partial charge in [-0.3, -0.25) is 4.79 Å². The molecule has 82 valence electrons. The van der Waals surface area contributed by atoms with Gasteiger partial charge in [0.2, 0.25) is 0 Å². The van der Waals surface area contributed by atoms with Gasteiger partial charge in [0, 0.05) is 17.0 Å². The number of halogens is 1. The molecule has 0 aliphatic rings. The van der Waals surface area contributed by atoms with Crippen LogP contribution in [0.1, 0.15) is 22.8 Å². The first-order valence-electron chi connectivity index (χ1n) is 4.45. The van der Waals surface area contributed by atoms with Crippen molar-refractivity contribution in [2.45, 2.75) is 6.92 Å². The molecule has 1 aromatic carbocycles. The van der Waals surface area contributed by atoms with Crippen LogP contribution in [0.25, 0.3) is 0 Å². The van der Waals surface area contributed by atoms with Crippen LogP contribution in [-0.4, -0.2) is 18.9 Å². The van der Waals surface area contributed by atoms with E-state index in [0.29, 0.717) is 5.56 Å². The summed E-state index contributed by atoms with van der Waals surface area (Å²) in [4.78, 5) is 22.0. The van der Waals surface area contributed by atoms with Crippen molar-refractivity contribution in [3.63, 3.8) is 0 Å². The van der Waals surface area contributed by atoms with E-state index < -0.39 is 11.8 Å². The van der Waals surface area contributed by atoms with Gasteiger partial charge in [0.25, 0.3) is 0 Å². The quantitative estimate of drug-likeness (QED) is 0.409. The molecule has 0 heterocycles. The zero-order chi connectivity index (χ0) is 12.1. The smallest absolute Gasteiger partial charge is 0.384 e. The summed E-state index contributed by atoms with van der Waals surface area (Å²) in [6.07, 6.45) is 0. The van der Waals surface area contributed by atoms with E-state index in [2.05, 4.69) is 16.6 Å². The predicted molar refractivity (Wildman–Crippen MR) is 55.3 cm³/mol. The van der Waals surface area contributed by atoms with Gasteiger partial charge in [-0.1, -0.05) is 5.92 Å². The molecule has 0 amide bonds. The summed E-state index contributed by atoms with van der Waals surface area (Å²) in [5.74, 6) is 3.10. The average molecular weight is 220 g/mol. The molecule has 0 saturated carbocycles. The fraction of sp³-hybridized carbons (Fsp3) is 0.167. The molecule has 0 aromatic heterocycles. The minimum atomic E-state index is -0.709. The van der Waals surface area contributed by atoms with Crippen LogP contribution in [0.3, 0.4) is 0 Å². The second-order valence-corrected chi connectivity index (χ2v) is 2.99. The summed E-state index contributed by atoms with van der Waals surface area (Å²) in [5.41, 5.74) is 0.454. The zero-order valence-corrected chi connectivity index (χ0v) is 8.83. The van der Waals surface area contributed by atoms with E-state index in [0.717, 1.165) is 6.07 Å². The third-order valence-electron chi connectivity index (χ3n) is 1.85. The van der Waals surface area contributed by atoms with E-state index >= 15 is 0 Å². The Labute approximate surface area is 92.2 Å². The number of carbonyl (C=O) groups is 2. The van der Waals surface area contributed by atoms with Crippen LogP contribution in [0.5, 0.6) is 0 Å². The Hall–Kier alpha value is -2.15. The summed E-state index contributed by atoms with van der Waals surface area (Å²) < 4.78 is 17.2. The van der Waals surface area contributed by atoms with Crippen molar-refractivity contribution in [2.24, 2.45) is 0 Å². The predicted octanol–water partition coefficient (Wildman–Crippen LogP) is 1.55. The fourth-order valence-electron chi connectivity index (χ4n) is 1.09. The highest BCUT2D eigenvalue weighted by Gasteiger charge is 2.06. The van der Waals surface area contributed by atoms with Crippen LogP contribution >= 0.6 is 0 Å². The van der Waals surface area contributed by atoms with Gasteiger partial charge in [0.1, 0.15) is 5.82 Å². The molecule has 4 heteroatoms. The number of ketones is 1. The maximum absolute atomic E-state index is 12.9. The van der Waals surface area contributed by atoms with Crippen molar-refractivity contribution in [3.8, 4) is 11.8 Å². The molecule has 1 rings (SSSR count). The summed E-state index contributed by atoms with van der Waals surface area (Å²) in [5, 5.41) is 0. The molecular formula is C12H9FO3. The minimum absolute atomic E-state index is 0.149. The Morgan fingerprint density at radius 2 is 2.06 bits per heavy atom. The summed E-state index contributed by atoms with van der Waals surface area (Å²) in [6, 6.07) is 3.61. The van der Waals surface area contributed by atoms with Crippen LogP contribution in [0, 0.1) is 17.7 Å². The molecule has 0 N–H and O–H groups in total. The molecule has 0 unspecified atom stereocenters. The maximum Gasteiger partial charge on any atom is 0.384 e. The molecule has 0 saturated heterocycles. The average Bonchev–Trinajstić information content (AvgIpc) is 2.26. The van der Waals surface area contributed by atoms with Crippen LogP contribution in [0.2, 0.25) is 0 Å². The minimum Gasteiger partial charge on any atom is -0.459 e. The van der Waals surface area contributed by atoms with Gasteiger partial charge < -0.3 is 4.74 Å². The number of hydrogen-bond acceptors (Lipinski definition) is 3. The molecule has 0 atom stereocenters. The molecule has 16 heavy (non-hydrogen) atoms. The number of hydrogen-bond donors (Lipinski definition) is 0. The molecule has 0 aliphatic carbocycles. The third kappa shape index (κ3) is 2.92. The molecule has 0 fully saturated rings. The van der Waals surface area contributed by atoms with Crippen LogP contribution in [0.15, 0.2) is 18.2 Å². The maximum atomic E-state index is 12.9. The Balaban J connectivity index is 3.17. The molecule has 0 bridgehead atoms. The highest BCUT2D eigenvalue weighted by molar-refractivity contribution is 5.97. The summed E-state index contributed by atoms with van der Waals surface area (Å²) in [7, 11) is 1.20. The van der Waals surface area contributed by atoms with E-state index in [1.165, 1.54) is 26.2 Å². The summed E-state index contributed by atoms with van der Waals surface area (Å²) in [6.45, 7) is 1.30. The van der Waals surface area contributed by atoms with Gasteiger partial charge in [0.15, 0.2) is 5.78 Å². The van der Waals surface area contributed by atoms with Crippen LogP contribution in [-0.2, 0) is 9.53 Å². The van der Waals surface area contributed by atoms with E-state index in [1.807, 2.05) is 0 Å². The van der Waals surface area contributed by atoms with Gasteiger partial charge >= 0.3 is 5.97 Å². The number of carbonyl (C=O) groups excluding carboxylic acids is 2. The lowest BCUT2D eigenvalue weighted by molar-refractivity contribution is -0.133. The molecule has 0 spiro atoms. The van der Waals surface area contributed by atoms with E-state index in [-0.39, 0.29) is 11.3 Å². The molecule has 0 aliphatic heterocycles. The Kier molecular flexibility index (Phi) is 3.78.